The van der Waals surface area contributed by atoms with Crippen molar-refractivity contribution in [2.75, 3.05) is 0 Å². The van der Waals surface area contributed by atoms with Gasteiger partial charge in [-0.05, 0) is 71.1 Å². The SMILES string of the molecule is c1cc2c3c(nccc3c1)-c1cc(-n3c4ccccc4c4cc(-n5c6ccccc6c6ccccc65)ccc43)ccc1-2. The summed E-state index contributed by atoms with van der Waals surface area (Å²) in [5.41, 5.74) is 12.0. The molecule has 0 aliphatic heterocycles. The van der Waals surface area contributed by atoms with Gasteiger partial charge in [-0.25, -0.2) is 0 Å². The largest absolute Gasteiger partial charge is 0.309 e. The molecule has 0 amide bonds. The molecule has 0 unspecified atom stereocenters. The van der Waals surface area contributed by atoms with Gasteiger partial charge in [0.1, 0.15) is 0 Å². The van der Waals surface area contributed by atoms with Crippen LogP contribution < -0.4 is 0 Å². The second kappa shape index (κ2) is 7.96. The van der Waals surface area contributed by atoms with Crippen LogP contribution in [-0.2, 0) is 0 Å². The summed E-state index contributed by atoms with van der Waals surface area (Å²) >= 11 is 0. The van der Waals surface area contributed by atoms with Crippen LogP contribution in [0.1, 0.15) is 0 Å². The molecule has 0 radical (unpaired) electrons. The lowest BCUT2D eigenvalue weighted by atomic mass is 10.0. The molecule has 0 saturated heterocycles. The average Bonchev–Trinajstić information content (AvgIpc) is 3.68. The Kier molecular flexibility index (Phi) is 4.18. The van der Waals surface area contributed by atoms with E-state index in [4.69, 9.17) is 4.98 Å². The highest BCUT2D eigenvalue weighted by molar-refractivity contribution is 6.15. The second-order valence-corrected chi connectivity index (χ2v) is 11.2. The zero-order valence-electron chi connectivity index (χ0n) is 22.6. The van der Waals surface area contributed by atoms with Crippen LogP contribution in [0.15, 0.2) is 140 Å². The predicted octanol–water partition coefficient (Wildman–Crippen LogP) is 10.1. The number of para-hydroxylation sites is 3. The number of hydrogen-bond acceptors (Lipinski definition) is 1. The minimum atomic E-state index is 1.08. The van der Waals surface area contributed by atoms with Crippen molar-refractivity contribution in [1.29, 1.82) is 0 Å². The maximum Gasteiger partial charge on any atom is 0.0793 e. The van der Waals surface area contributed by atoms with E-state index in [2.05, 4.69) is 143 Å². The van der Waals surface area contributed by atoms with Crippen LogP contribution in [0.25, 0.3) is 88.1 Å². The van der Waals surface area contributed by atoms with E-state index in [0.29, 0.717) is 0 Å². The number of rotatable bonds is 2. The molecule has 42 heavy (non-hydrogen) atoms. The zero-order chi connectivity index (χ0) is 27.4. The molecular formula is C39H23N3. The third-order valence-corrected chi connectivity index (χ3v) is 9.09. The average molecular weight is 534 g/mol. The van der Waals surface area contributed by atoms with Gasteiger partial charge < -0.3 is 9.13 Å². The van der Waals surface area contributed by atoms with E-state index in [1.807, 2.05) is 6.20 Å². The van der Waals surface area contributed by atoms with Gasteiger partial charge in [0.15, 0.2) is 0 Å². The summed E-state index contributed by atoms with van der Waals surface area (Å²) in [4.78, 5) is 4.84. The highest BCUT2D eigenvalue weighted by Gasteiger charge is 2.24. The zero-order valence-corrected chi connectivity index (χ0v) is 22.6. The van der Waals surface area contributed by atoms with Gasteiger partial charge in [0.25, 0.3) is 0 Å². The van der Waals surface area contributed by atoms with Gasteiger partial charge in [-0.15, -0.1) is 0 Å². The first-order valence-corrected chi connectivity index (χ1v) is 14.4. The van der Waals surface area contributed by atoms with Crippen LogP contribution in [0, 0.1) is 0 Å². The van der Waals surface area contributed by atoms with E-state index in [1.54, 1.807) is 0 Å². The molecule has 6 aromatic carbocycles. The number of fused-ring (bicyclic) bond motifs is 9. The summed E-state index contributed by atoms with van der Waals surface area (Å²) in [5, 5.41) is 7.54. The number of pyridine rings is 1. The lowest BCUT2D eigenvalue weighted by Gasteiger charge is -2.12. The first-order chi connectivity index (χ1) is 20.8. The fourth-order valence-corrected chi connectivity index (χ4v) is 7.34. The van der Waals surface area contributed by atoms with Crippen molar-refractivity contribution in [3.63, 3.8) is 0 Å². The molecule has 10 rings (SSSR count). The Morgan fingerprint density at radius 3 is 1.71 bits per heavy atom. The highest BCUT2D eigenvalue weighted by atomic mass is 15.0. The number of hydrogen-bond donors (Lipinski definition) is 0. The summed E-state index contributed by atoms with van der Waals surface area (Å²) in [7, 11) is 0. The third kappa shape index (κ3) is 2.77. The lowest BCUT2D eigenvalue weighted by molar-refractivity contribution is 1.17. The lowest BCUT2D eigenvalue weighted by Crippen LogP contribution is -1.96. The van der Waals surface area contributed by atoms with E-state index in [1.165, 1.54) is 76.8 Å². The summed E-state index contributed by atoms with van der Waals surface area (Å²) < 4.78 is 4.80. The van der Waals surface area contributed by atoms with E-state index < -0.39 is 0 Å². The van der Waals surface area contributed by atoms with Crippen molar-refractivity contribution in [1.82, 2.24) is 14.1 Å². The third-order valence-electron chi connectivity index (χ3n) is 9.09. The van der Waals surface area contributed by atoms with Crippen molar-refractivity contribution in [3.05, 3.63) is 140 Å². The molecule has 3 nitrogen and oxygen atoms in total. The van der Waals surface area contributed by atoms with Crippen LogP contribution in [-0.4, -0.2) is 14.1 Å². The first-order valence-electron chi connectivity index (χ1n) is 14.4. The molecule has 0 saturated carbocycles. The maximum atomic E-state index is 4.84. The quantitative estimate of drug-likeness (QED) is 0.217. The molecule has 0 atom stereocenters. The van der Waals surface area contributed by atoms with Gasteiger partial charge in [-0.1, -0.05) is 78.9 Å². The van der Waals surface area contributed by atoms with Crippen molar-refractivity contribution >= 4 is 54.4 Å². The first kappa shape index (κ1) is 22.1. The van der Waals surface area contributed by atoms with E-state index in [0.717, 1.165) is 11.4 Å². The molecule has 3 aromatic heterocycles. The van der Waals surface area contributed by atoms with Gasteiger partial charge in [0, 0.05) is 50.1 Å². The molecule has 9 aromatic rings. The number of benzene rings is 6. The normalized spacial score (nSPS) is 12.3. The Hall–Kier alpha value is -5.67. The van der Waals surface area contributed by atoms with Crippen LogP contribution in [0.4, 0.5) is 0 Å². The predicted molar refractivity (Wildman–Crippen MR) is 175 cm³/mol. The van der Waals surface area contributed by atoms with Gasteiger partial charge >= 0.3 is 0 Å². The summed E-state index contributed by atoms with van der Waals surface area (Å²) in [5.74, 6) is 0. The smallest absolute Gasteiger partial charge is 0.0793 e. The number of aromatic nitrogens is 3. The number of nitrogens with zero attached hydrogens (tertiary/aromatic N) is 3. The molecular weight excluding hydrogens is 510 g/mol. The van der Waals surface area contributed by atoms with Crippen molar-refractivity contribution in [2.24, 2.45) is 0 Å². The van der Waals surface area contributed by atoms with Crippen LogP contribution >= 0.6 is 0 Å². The second-order valence-electron chi connectivity index (χ2n) is 11.2. The topological polar surface area (TPSA) is 22.8 Å². The van der Waals surface area contributed by atoms with Crippen molar-refractivity contribution in [3.8, 4) is 33.8 Å². The highest BCUT2D eigenvalue weighted by Crippen LogP contribution is 2.47. The van der Waals surface area contributed by atoms with Gasteiger partial charge in [0.2, 0.25) is 0 Å². The van der Waals surface area contributed by atoms with Crippen molar-refractivity contribution < 1.29 is 0 Å². The standard InChI is InChI=1S/C39H23N3/c1-4-13-34-28(9-1)29-10-2-5-14-35(29)41(34)26-17-19-37-32(22-26)30-11-3-6-15-36(30)42(37)25-16-18-27-31-12-7-8-24-20-21-40-39(38(24)31)33(27)23-25/h1-23H. The molecule has 3 heterocycles. The molecule has 1 aliphatic rings. The molecule has 0 fully saturated rings. The fraction of sp³-hybridized carbons (Fsp3) is 0. The Balaban J connectivity index is 1.24. The van der Waals surface area contributed by atoms with E-state index >= 15 is 0 Å². The summed E-state index contributed by atoms with van der Waals surface area (Å²) in [6, 6.07) is 48.6. The Morgan fingerprint density at radius 1 is 0.405 bits per heavy atom. The van der Waals surface area contributed by atoms with Gasteiger partial charge in [0.05, 0.1) is 27.8 Å². The Labute approximate surface area is 241 Å². The molecule has 194 valence electrons. The van der Waals surface area contributed by atoms with Crippen molar-refractivity contribution in [2.45, 2.75) is 0 Å². The van der Waals surface area contributed by atoms with Crippen LogP contribution in [0.3, 0.4) is 0 Å². The Morgan fingerprint density at radius 2 is 1.00 bits per heavy atom. The molecule has 0 spiro atoms. The van der Waals surface area contributed by atoms with E-state index in [-0.39, 0.29) is 0 Å². The Bertz CT molecular complexity index is 2520. The molecule has 1 aliphatic carbocycles. The van der Waals surface area contributed by atoms with Crippen LogP contribution in [0.2, 0.25) is 0 Å². The maximum absolute atomic E-state index is 4.84. The minimum Gasteiger partial charge on any atom is -0.309 e. The monoisotopic (exact) mass is 533 g/mol. The molecule has 0 bridgehead atoms. The van der Waals surface area contributed by atoms with Crippen LogP contribution in [0.5, 0.6) is 0 Å². The summed E-state index contributed by atoms with van der Waals surface area (Å²) in [6.45, 7) is 0. The van der Waals surface area contributed by atoms with Gasteiger partial charge in [-0.3, -0.25) is 4.98 Å². The summed E-state index contributed by atoms with van der Waals surface area (Å²) in [6.07, 6.45) is 1.93. The minimum absolute atomic E-state index is 1.08. The molecule has 3 heteroatoms. The van der Waals surface area contributed by atoms with Gasteiger partial charge in [-0.2, -0.15) is 0 Å². The fourth-order valence-electron chi connectivity index (χ4n) is 7.34. The van der Waals surface area contributed by atoms with E-state index in [9.17, 15) is 0 Å². The molecule has 0 N–H and O–H groups in total.